The van der Waals surface area contributed by atoms with Gasteiger partial charge in [0.1, 0.15) is 0 Å². The van der Waals surface area contributed by atoms with Crippen LogP contribution in [0.1, 0.15) is 38.7 Å². The Kier molecular flexibility index (Phi) is 3.08. The topological polar surface area (TPSA) is 29.3 Å². The number of aryl methyl sites for hydroxylation is 1. The predicted octanol–water partition coefficient (Wildman–Crippen LogP) is 3.34. The van der Waals surface area contributed by atoms with Crippen molar-refractivity contribution in [3.8, 4) is 0 Å². The molecule has 1 aromatic rings. The highest BCUT2D eigenvalue weighted by Gasteiger charge is 2.29. The Morgan fingerprint density at radius 1 is 1.38 bits per heavy atom. The first-order valence-electron chi connectivity index (χ1n) is 6.28. The van der Waals surface area contributed by atoms with Gasteiger partial charge in [-0.3, -0.25) is 0 Å². The molecule has 1 aliphatic heterocycles. The minimum Gasteiger partial charge on any atom is -0.399 e. The largest absolute Gasteiger partial charge is 0.399 e. The highest BCUT2D eigenvalue weighted by Crippen LogP contribution is 2.33. The number of anilines is 2. The molecule has 2 N–H and O–H groups in total. The van der Waals surface area contributed by atoms with E-state index in [0.717, 1.165) is 5.69 Å². The van der Waals surface area contributed by atoms with Gasteiger partial charge in [-0.15, -0.1) is 0 Å². The van der Waals surface area contributed by atoms with E-state index in [1.807, 2.05) is 6.07 Å². The third-order valence-corrected chi connectivity index (χ3v) is 3.81. The maximum Gasteiger partial charge on any atom is 0.0375 e. The Morgan fingerprint density at radius 2 is 2.12 bits per heavy atom. The van der Waals surface area contributed by atoms with Crippen molar-refractivity contribution in [2.24, 2.45) is 0 Å². The number of hydrogen-bond acceptors (Lipinski definition) is 2. The molecule has 2 heteroatoms. The summed E-state index contributed by atoms with van der Waals surface area (Å²) in [6.07, 6.45) is 3.86. The standard InChI is InChI=1S/C14H22N2/c1-4-12-6-5-11(3)16(12)13-7-8-14(15)10(2)9-13/h7-9,11-12H,4-6,15H2,1-3H3. The summed E-state index contributed by atoms with van der Waals surface area (Å²) in [5, 5.41) is 0. The zero-order valence-electron chi connectivity index (χ0n) is 10.5. The van der Waals surface area contributed by atoms with Crippen molar-refractivity contribution in [1.29, 1.82) is 0 Å². The lowest BCUT2D eigenvalue weighted by Gasteiger charge is -2.30. The van der Waals surface area contributed by atoms with Crippen molar-refractivity contribution in [1.82, 2.24) is 0 Å². The van der Waals surface area contributed by atoms with E-state index in [1.165, 1.54) is 30.5 Å². The molecule has 88 valence electrons. The van der Waals surface area contributed by atoms with Crippen LogP contribution in [0, 0.1) is 6.92 Å². The van der Waals surface area contributed by atoms with Crippen molar-refractivity contribution in [3.05, 3.63) is 23.8 Å². The molecule has 1 aromatic carbocycles. The third kappa shape index (κ3) is 1.89. The molecule has 0 amide bonds. The molecule has 0 bridgehead atoms. The minimum absolute atomic E-state index is 0.660. The van der Waals surface area contributed by atoms with Crippen LogP contribution in [0.5, 0.6) is 0 Å². The van der Waals surface area contributed by atoms with Crippen LogP contribution in [0.2, 0.25) is 0 Å². The molecule has 2 unspecified atom stereocenters. The number of nitrogens with zero attached hydrogens (tertiary/aromatic N) is 1. The monoisotopic (exact) mass is 218 g/mol. The molecule has 1 fully saturated rings. The number of benzene rings is 1. The van der Waals surface area contributed by atoms with E-state index < -0.39 is 0 Å². The summed E-state index contributed by atoms with van der Waals surface area (Å²) >= 11 is 0. The lowest BCUT2D eigenvalue weighted by Crippen LogP contribution is -2.34. The van der Waals surface area contributed by atoms with Crippen LogP contribution in [0.25, 0.3) is 0 Å². The van der Waals surface area contributed by atoms with Crippen LogP contribution in [0.15, 0.2) is 18.2 Å². The van der Waals surface area contributed by atoms with Crippen molar-refractivity contribution >= 4 is 11.4 Å². The zero-order valence-corrected chi connectivity index (χ0v) is 10.5. The van der Waals surface area contributed by atoms with Crippen molar-refractivity contribution in [3.63, 3.8) is 0 Å². The lowest BCUT2D eigenvalue weighted by molar-refractivity contribution is 0.628. The van der Waals surface area contributed by atoms with Crippen LogP contribution in [-0.4, -0.2) is 12.1 Å². The maximum absolute atomic E-state index is 5.87. The Balaban J connectivity index is 2.31. The first kappa shape index (κ1) is 11.3. The van der Waals surface area contributed by atoms with Gasteiger partial charge in [-0.2, -0.15) is 0 Å². The van der Waals surface area contributed by atoms with Crippen LogP contribution < -0.4 is 10.6 Å². The molecule has 0 radical (unpaired) electrons. The Bertz CT molecular complexity index is 373. The average Bonchev–Trinajstić information content (AvgIpc) is 2.64. The fourth-order valence-electron chi connectivity index (χ4n) is 2.76. The molecule has 2 rings (SSSR count). The number of nitrogens with two attached hydrogens (primary N) is 1. The van der Waals surface area contributed by atoms with Crippen molar-refractivity contribution < 1.29 is 0 Å². The normalized spacial score (nSPS) is 25.1. The summed E-state index contributed by atoms with van der Waals surface area (Å²) in [5.74, 6) is 0. The van der Waals surface area contributed by atoms with Gasteiger partial charge in [0.15, 0.2) is 0 Å². The van der Waals surface area contributed by atoms with Crippen LogP contribution in [0.4, 0.5) is 11.4 Å². The van der Waals surface area contributed by atoms with Gasteiger partial charge in [-0.1, -0.05) is 6.92 Å². The molecule has 0 spiro atoms. The molecule has 0 aliphatic carbocycles. The fraction of sp³-hybridized carbons (Fsp3) is 0.571. The van der Waals surface area contributed by atoms with E-state index in [4.69, 9.17) is 5.73 Å². The number of rotatable bonds is 2. The fourth-order valence-corrected chi connectivity index (χ4v) is 2.76. The Hall–Kier alpha value is -1.18. The van der Waals surface area contributed by atoms with Crippen molar-refractivity contribution in [2.75, 3.05) is 10.6 Å². The molecular weight excluding hydrogens is 196 g/mol. The van der Waals surface area contributed by atoms with Gasteiger partial charge in [-0.05, 0) is 56.9 Å². The van der Waals surface area contributed by atoms with Crippen molar-refractivity contribution in [2.45, 2.75) is 52.1 Å². The highest BCUT2D eigenvalue weighted by molar-refractivity contribution is 5.59. The predicted molar refractivity (Wildman–Crippen MR) is 70.8 cm³/mol. The van der Waals surface area contributed by atoms with E-state index >= 15 is 0 Å². The molecule has 0 aromatic heterocycles. The van der Waals surface area contributed by atoms with Crippen LogP contribution in [0.3, 0.4) is 0 Å². The molecule has 2 atom stereocenters. The Labute approximate surface area is 98.4 Å². The number of hydrogen-bond donors (Lipinski definition) is 1. The molecule has 16 heavy (non-hydrogen) atoms. The minimum atomic E-state index is 0.660. The molecule has 1 heterocycles. The summed E-state index contributed by atoms with van der Waals surface area (Å²) in [6, 6.07) is 7.78. The molecular formula is C14H22N2. The average molecular weight is 218 g/mol. The van der Waals surface area contributed by atoms with E-state index in [9.17, 15) is 0 Å². The second-order valence-electron chi connectivity index (χ2n) is 4.94. The summed E-state index contributed by atoms with van der Waals surface area (Å²) in [5.41, 5.74) is 9.29. The van der Waals surface area contributed by atoms with Crippen LogP contribution >= 0.6 is 0 Å². The second-order valence-corrected chi connectivity index (χ2v) is 4.94. The lowest BCUT2D eigenvalue weighted by atomic mass is 10.1. The highest BCUT2D eigenvalue weighted by atomic mass is 15.2. The van der Waals surface area contributed by atoms with Gasteiger partial charge in [0.25, 0.3) is 0 Å². The quantitative estimate of drug-likeness (QED) is 0.771. The Morgan fingerprint density at radius 3 is 2.75 bits per heavy atom. The summed E-state index contributed by atoms with van der Waals surface area (Å²) in [6.45, 7) is 6.68. The maximum atomic E-state index is 5.87. The first-order valence-corrected chi connectivity index (χ1v) is 6.28. The smallest absolute Gasteiger partial charge is 0.0375 e. The van der Waals surface area contributed by atoms with Crippen LogP contribution in [-0.2, 0) is 0 Å². The second kappa shape index (κ2) is 4.36. The van der Waals surface area contributed by atoms with E-state index in [0.29, 0.717) is 12.1 Å². The summed E-state index contributed by atoms with van der Waals surface area (Å²) in [7, 11) is 0. The van der Waals surface area contributed by atoms with E-state index in [2.05, 4.69) is 37.8 Å². The SMILES string of the molecule is CCC1CCC(C)N1c1ccc(N)c(C)c1. The molecule has 1 aliphatic rings. The van der Waals surface area contributed by atoms with E-state index in [1.54, 1.807) is 0 Å². The zero-order chi connectivity index (χ0) is 11.7. The molecule has 2 nitrogen and oxygen atoms in total. The van der Waals surface area contributed by atoms with E-state index in [-0.39, 0.29) is 0 Å². The van der Waals surface area contributed by atoms with Gasteiger partial charge in [-0.25, -0.2) is 0 Å². The summed E-state index contributed by atoms with van der Waals surface area (Å²) < 4.78 is 0. The van der Waals surface area contributed by atoms with Gasteiger partial charge >= 0.3 is 0 Å². The van der Waals surface area contributed by atoms with Gasteiger partial charge in [0.05, 0.1) is 0 Å². The van der Waals surface area contributed by atoms with Gasteiger partial charge in [0, 0.05) is 23.5 Å². The molecule has 0 saturated carbocycles. The molecule has 1 saturated heterocycles. The van der Waals surface area contributed by atoms with Gasteiger partial charge in [0.2, 0.25) is 0 Å². The first-order chi connectivity index (χ1) is 7.63. The van der Waals surface area contributed by atoms with Gasteiger partial charge < -0.3 is 10.6 Å². The number of nitrogen functional groups attached to an aromatic ring is 1. The third-order valence-electron chi connectivity index (χ3n) is 3.81. The summed E-state index contributed by atoms with van der Waals surface area (Å²) in [4.78, 5) is 2.56.